The molecule has 19 heavy (non-hydrogen) atoms. The first-order valence-corrected chi connectivity index (χ1v) is 6.00. The summed E-state index contributed by atoms with van der Waals surface area (Å²) in [6.45, 7) is 7.35. The summed E-state index contributed by atoms with van der Waals surface area (Å²) >= 11 is 0. The maximum atomic E-state index is 11.6. The lowest BCUT2D eigenvalue weighted by molar-refractivity contribution is -0.137. The van der Waals surface area contributed by atoms with Gasteiger partial charge in [0.25, 0.3) is 0 Å². The van der Waals surface area contributed by atoms with E-state index >= 15 is 0 Å². The van der Waals surface area contributed by atoms with E-state index < -0.39 is 5.97 Å². The van der Waals surface area contributed by atoms with E-state index in [2.05, 4.69) is 10.1 Å². The van der Waals surface area contributed by atoms with E-state index in [0.717, 1.165) is 16.7 Å². The minimum Gasteiger partial charge on any atom is -0.464 e. The summed E-state index contributed by atoms with van der Waals surface area (Å²) in [6, 6.07) is 4.03. The lowest BCUT2D eigenvalue weighted by Crippen LogP contribution is -2.25. The van der Waals surface area contributed by atoms with Gasteiger partial charge in [-0.25, -0.2) is 4.79 Å². The fraction of sp³-hybridized carbons (Fsp3) is 0.333. The summed E-state index contributed by atoms with van der Waals surface area (Å²) in [6.07, 6.45) is 1.63. The topological polar surface area (TPSA) is 55.4 Å². The van der Waals surface area contributed by atoms with Crippen molar-refractivity contribution in [2.75, 3.05) is 7.11 Å². The normalized spacial score (nSPS) is 11.1. The molecule has 0 unspecified atom stereocenters. The second-order valence-corrected chi connectivity index (χ2v) is 4.52. The predicted octanol–water partition coefficient (Wildman–Crippen LogP) is 2.26. The quantitative estimate of drug-likeness (QED) is 0.670. The van der Waals surface area contributed by atoms with Crippen LogP contribution in [0, 0.1) is 20.8 Å². The van der Waals surface area contributed by atoms with E-state index in [4.69, 9.17) is 0 Å². The van der Waals surface area contributed by atoms with Gasteiger partial charge in [-0.3, -0.25) is 4.79 Å². The molecule has 1 aromatic rings. The third-order valence-electron chi connectivity index (χ3n) is 2.90. The standard InChI is InChI=1S/C15H19NO3/c1-9-6-11(3)13(7-10(9)2)8-14(15(18)19-5)16-12(4)17/h6-8H,1-5H3,(H,16,17)/b14-8-. The second kappa shape index (κ2) is 6.18. The predicted molar refractivity (Wildman–Crippen MR) is 74.5 cm³/mol. The number of esters is 1. The van der Waals surface area contributed by atoms with Gasteiger partial charge < -0.3 is 10.1 Å². The monoisotopic (exact) mass is 261 g/mol. The molecule has 1 amide bonds. The minimum absolute atomic E-state index is 0.140. The third kappa shape index (κ3) is 3.95. The smallest absolute Gasteiger partial charge is 0.354 e. The van der Waals surface area contributed by atoms with Gasteiger partial charge in [0.15, 0.2) is 0 Å². The van der Waals surface area contributed by atoms with Gasteiger partial charge in [0.2, 0.25) is 5.91 Å². The Kier molecular flexibility index (Phi) is 4.87. The van der Waals surface area contributed by atoms with Crippen LogP contribution in [-0.4, -0.2) is 19.0 Å². The minimum atomic E-state index is -0.562. The summed E-state index contributed by atoms with van der Waals surface area (Å²) < 4.78 is 4.66. The number of carbonyl (C=O) groups excluding carboxylic acids is 2. The number of benzene rings is 1. The number of carbonyl (C=O) groups is 2. The van der Waals surface area contributed by atoms with E-state index in [1.165, 1.54) is 19.6 Å². The van der Waals surface area contributed by atoms with E-state index in [9.17, 15) is 9.59 Å². The van der Waals surface area contributed by atoms with Crippen molar-refractivity contribution in [3.05, 3.63) is 40.1 Å². The molecule has 0 bridgehead atoms. The van der Waals surface area contributed by atoms with E-state index in [0.29, 0.717) is 0 Å². The highest BCUT2D eigenvalue weighted by molar-refractivity contribution is 5.97. The van der Waals surface area contributed by atoms with Gasteiger partial charge in [0.1, 0.15) is 5.70 Å². The first kappa shape index (κ1) is 15.0. The Hall–Kier alpha value is -2.10. The zero-order valence-electron chi connectivity index (χ0n) is 12.0. The van der Waals surface area contributed by atoms with Crippen molar-refractivity contribution < 1.29 is 14.3 Å². The molecule has 0 heterocycles. The molecule has 0 aliphatic rings. The molecular weight excluding hydrogens is 242 g/mol. The third-order valence-corrected chi connectivity index (χ3v) is 2.90. The molecule has 1 aromatic carbocycles. The Morgan fingerprint density at radius 2 is 1.68 bits per heavy atom. The summed E-state index contributed by atoms with van der Waals surface area (Å²) in [5, 5.41) is 2.49. The van der Waals surface area contributed by atoms with Gasteiger partial charge >= 0.3 is 5.97 Å². The average Bonchev–Trinajstić information content (AvgIpc) is 2.33. The van der Waals surface area contributed by atoms with Crippen LogP contribution in [0.3, 0.4) is 0 Å². The van der Waals surface area contributed by atoms with Crippen LogP contribution in [0.5, 0.6) is 0 Å². The highest BCUT2D eigenvalue weighted by atomic mass is 16.5. The molecule has 4 heteroatoms. The molecule has 1 rings (SSSR count). The van der Waals surface area contributed by atoms with Crippen molar-refractivity contribution in [1.29, 1.82) is 0 Å². The second-order valence-electron chi connectivity index (χ2n) is 4.52. The first-order valence-electron chi connectivity index (χ1n) is 6.00. The molecule has 102 valence electrons. The van der Waals surface area contributed by atoms with Gasteiger partial charge in [0.05, 0.1) is 7.11 Å². The van der Waals surface area contributed by atoms with Crippen LogP contribution in [0.15, 0.2) is 17.8 Å². The van der Waals surface area contributed by atoms with Gasteiger partial charge in [-0.15, -0.1) is 0 Å². The summed E-state index contributed by atoms with van der Waals surface area (Å²) in [5.74, 6) is -0.869. The van der Waals surface area contributed by atoms with Crippen LogP contribution in [0.25, 0.3) is 6.08 Å². The number of hydrogen-bond acceptors (Lipinski definition) is 3. The van der Waals surface area contributed by atoms with Crippen LogP contribution >= 0.6 is 0 Å². The summed E-state index contributed by atoms with van der Waals surface area (Å²) in [7, 11) is 1.28. The molecular formula is C15H19NO3. The Balaban J connectivity index is 3.25. The van der Waals surface area contributed by atoms with Crippen molar-refractivity contribution in [1.82, 2.24) is 5.32 Å². The molecule has 4 nitrogen and oxygen atoms in total. The molecule has 0 aliphatic carbocycles. The average molecular weight is 261 g/mol. The number of ether oxygens (including phenoxy) is 1. The van der Waals surface area contributed by atoms with Crippen molar-refractivity contribution in [3.8, 4) is 0 Å². The summed E-state index contributed by atoms with van der Waals surface area (Å²) in [5.41, 5.74) is 4.38. The lowest BCUT2D eigenvalue weighted by Gasteiger charge is -2.09. The zero-order valence-corrected chi connectivity index (χ0v) is 12.0. The number of amides is 1. The van der Waals surface area contributed by atoms with Gasteiger partial charge in [0, 0.05) is 6.92 Å². The number of methoxy groups -OCH3 is 1. The highest BCUT2D eigenvalue weighted by Crippen LogP contribution is 2.18. The Labute approximate surface area is 113 Å². The number of aryl methyl sites for hydroxylation is 3. The van der Waals surface area contributed by atoms with Crippen LogP contribution in [-0.2, 0) is 14.3 Å². The van der Waals surface area contributed by atoms with E-state index in [1.807, 2.05) is 32.9 Å². The zero-order chi connectivity index (χ0) is 14.6. The van der Waals surface area contributed by atoms with Crippen molar-refractivity contribution in [2.45, 2.75) is 27.7 Å². The Bertz CT molecular complexity index is 545. The van der Waals surface area contributed by atoms with Crippen LogP contribution in [0.1, 0.15) is 29.2 Å². The molecule has 0 atom stereocenters. The molecule has 0 fully saturated rings. The maximum absolute atomic E-state index is 11.6. The molecule has 0 saturated carbocycles. The summed E-state index contributed by atoms with van der Waals surface area (Å²) in [4.78, 5) is 22.7. The molecule has 0 spiro atoms. The van der Waals surface area contributed by atoms with Crippen LogP contribution < -0.4 is 5.32 Å². The Morgan fingerprint density at radius 1 is 1.11 bits per heavy atom. The number of rotatable bonds is 3. The molecule has 0 aromatic heterocycles. The van der Waals surface area contributed by atoms with Crippen LogP contribution in [0.2, 0.25) is 0 Å². The van der Waals surface area contributed by atoms with Crippen LogP contribution in [0.4, 0.5) is 0 Å². The van der Waals surface area contributed by atoms with E-state index in [-0.39, 0.29) is 11.6 Å². The number of nitrogens with one attached hydrogen (secondary N) is 1. The number of hydrogen-bond donors (Lipinski definition) is 1. The van der Waals surface area contributed by atoms with Gasteiger partial charge in [-0.1, -0.05) is 12.1 Å². The highest BCUT2D eigenvalue weighted by Gasteiger charge is 2.12. The van der Waals surface area contributed by atoms with Crippen molar-refractivity contribution in [3.63, 3.8) is 0 Å². The molecule has 0 radical (unpaired) electrons. The fourth-order valence-electron chi connectivity index (χ4n) is 1.74. The molecule has 1 N–H and O–H groups in total. The van der Waals surface area contributed by atoms with Gasteiger partial charge in [-0.2, -0.15) is 0 Å². The maximum Gasteiger partial charge on any atom is 0.354 e. The first-order chi connectivity index (χ1) is 8.85. The molecule has 0 saturated heterocycles. The van der Waals surface area contributed by atoms with Crippen molar-refractivity contribution in [2.24, 2.45) is 0 Å². The lowest BCUT2D eigenvalue weighted by atomic mass is 10.00. The SMILES string of the molecule is COC(=O)/C(=C/c1cc(C)c(C)cc1C)NC(C)=O. The Morgan fingerprint density at radius 3 is 2.21 bits per heavy atom. The van der Waals surface area contributed by atoms with Gasteiger partial charge in [-0.05, 0) is 49.1 Å². The molecule has 0 aliphatic heterocycles. The fourth-order valence-corrected chi connectivity index (χ4v) is 1.74. The van der Waals surface area contributed by atoms with Crippen molar-refractivity contribution >= 4 is 18.0 Å². The largest absolute Gasteiger partial charge is 0.464 e. The van der Waals surface area contributed by atoms with E-state index in [1.54, 1.807) is 6.08 Å².